The minimum absolute atomic E-state index is 0.333. The number of rotatable bonds is 4. The average molecular weight is 379 g/mol. The minimum Gasteiger partial charge on any atom is -0.497 e. The number of aryl methyl sites for hydroxylation is 1. The predicted octanol–water partition coefficient (Wildman–Crippen LogP) is 2.42. The second-order valence-electron chi connectivity index (χ2n) is 7.01. The molecule has 7 nitrogen and oxygen atoms in total. The van der Waals surface area contributed by atoms with Gasteiger partial charge >= 0.3 is 6.03 Å². The number of hydrogen-bond donors (Lipinski definition) is 2. The van der Waals surface area contributed by atoms with Crippen molar-refractivity contribution in [3.8, 4) is 5.75 Å². The Kier molecular flexibility index (Phi) is 4.50. The number of nitrogens with one attached hydrogen (secondary N) is 2. The Morgan fingerprint density at radius 2 is 1.93 bits per heavy atom. The molecule has 7 heteroatoms. The standard InChI is InChI=1S/C21H21N3O4/c1-28-16-10-8-15(9-11-16)22-18(25)13-24-19(26)21(23-20(24)27)12-4-6-14-5-2-3-7-17(14)21/h2-3,5,7-11H,4,6,12-13H2,1H3,(H,22,25)(H,23,27)/t21-/m1/s1. The molecule has 2 N–H and O–H groups in total. The van der Waals surface area contributed by atoms with Gasteiger partial charge in [0.05, 0.1) is 7.11 Å². The molecule has 1 aliphatic carbocycles. The van der Waals surface area contributed by atoms with Crippen LogP contribution in [0.5, 0.6) is 5.75 Å². The van der Waals surface area contributed by atoms with Crippen LogP contribution in [0.15, 0.2) is 48.5 Å². The van der Waals surface area contributed by atoms with Crippen LogP contribution in [0.2, 0.25) is 0 Å². The number of imide groups is 1. The fraction of sp³-hybridized carbons (Fsp3) is 0.286. The maximum Gasteiger partial charge on any atom is 0.325 e. The van der Waals surface area contributed by atoms with Gasteiger partial charge in [-0.05, 0) is 54.7 Å². The molecule has 1 aliphatic heterocycles. The number of fused-ring (bicyclic) bond motifs is 2. The van der Waals surface area contributed by atoms with Crippen molar-refractivity contribution in [1.29, 1.82) is 0 Å². The Labute approximate surface area is 162 Å². The molecule has 0 radical (unpaired) electrons. The minimum atomic E-state index is -1.06. The number of urea groups is 1. The van der Waals surface area contributed by atoms with Gasteiger partial charge in [0.15, 0.2) is 0 Å². The van der Waals surface area contributed by atoms with Gasteiger partial charge in [-0.1, -0.05) is 24.3 Å². The number of benzene rings is 2. The fourth-order valence-electron chi connectivity index (χ4n) is 3.97. The van der Waals surface area contributed by atoms with E-state index in [1.54, 1.807) is 31.4 Å². The molecule has 4 amide bonds. The Morgan fingerprint density at radius 3 is 2.68 bits per heavy atom. The molecule has 1 atom stereocenters. The molecule has 2 aromatic rings. The molecule has 0 aromatic heterocycles. The van der Waals surface area contributed by atoms with E-state index in [-0.39, 0.29) is 12.5 Å². The number of ether oxygens (including phenoxy) is 1. The van der Waals surface area contributed by atoms with Crippen LogP contribution >= 0.6 is 0 Å². The fourth-order valence-corrected chi connectivity index (χ4v) is 3.97. The second kappa shape index (κ2) is 6.99. The molecule has 0 saturated carbocycles. The maximum absolute atomic E-state index is 13.2. The summed E-state index contributed by atoms with van der Waals surface area (Å²) < 4.78 is 5.08. The molecule has 1 spiro atoms. The highest BCUT2D eigenvalue weighted by molar-refractivity contribution is 6.10. The Morgan fingerprint density at radius 1 is 1.18 bits per heavy atom. The molecular formula is C21H21N3O4. The third-order valence-electron chi connectivity index (χ3n) is 5.33. The largest absolute Gasteiger partial charge is 0.497 e. The van der Waals surface area contributed by atoms with E-state index >= 15 is 0 Å². The molecule has 0 bridgehead atoms. The number of anilines is 1. The van der Waals surface area contributed by atoms with Gasteiger partial charge in [-0.3, -0.25) is 14.5 Å². The first-order valence-electron chi connectivity index (χ1n) is 9.20. The zero-order valence-electron chi connectivity index (χ0n) is 15.5. The number of hydrogen-bond acceptors (Lipinski definition) is 4. The highest BCUT2D eigenvalue weighted by atomic mass is 16.5. The van der Waals surface area contributed by atoms with Gasteiger partial charge in [0.2, 0.25) is 5.91 Å². The summed E-state index contributed by atoms with van der Waals surface area (Å²) in [7, 11) is 1.56. The molecule has 2 aliphatic rings. The Hall–Kier alpha value is -3.35. The third kappa shape index (κ3) is 2.98. The van der Waals surface area contributed by atoms with E-state index in [1.165, 1.54) is 0 Å². The number of amides is 4. The smallest absolute Gasteiger partial charge is 0.325 e. The summed E-state index contributed by atoms with van der Waals surface area (Å²) in [5.41, 5.74) is 1.40. The van der Waals surface area contributed by atoms with Crippen molar-refractivity contribution >= 4 is 23.5 Å². The molecular weight excluding hydrogens is 358 g/mol. The van der Waals surface area contributed by atoms with Gasteiger partial charge in [0.25, 0.3) is 5.91 Å². The summed E-state index contributed by atoms with van der Waals surface area (Å²) in [5.74, 6) is -0.130. The van der Waals surface area contributed by atoms with E-state index in [1.807, 2.05) is 24.3 Å². The highest BCUT2D eigenvalue weighted by Crippen LogP contribution is 2.39. The van der Waals surface area contributed by atoms with Crippen LogP contribution in [0.25, 0.3) is 0 Å². The first-order chi connectivity index (χ1) is 13.5. The summed E-state index contributed by atoms with van der Waals surface area (Å²) >= 11 is 0. The lowest BCUT2D eigenvalue weighted by Gasteiger charge is -2.33. The van der Waals surface area contributed by atoms with Gasteiger partial charge in [-0.2, -0.15) is 0 Å². The van der Waals surface area contributed by atoms with E-state index in [2.05, 4.69) is 10.6 Å². The van der Waals surface area contributed by atoms with E-state index in [4.69, 9.17) is 4.74 Å². The number of carbonyl (C=O) groups excluding carboxylic acids is 3. The first kappa shape index (κ1) is 18.0. The van der Waals surface area contributed by atoms with Gasteiger partial charge in [-0.25, -0.2) is 4.79 Å². The van der Waals surface area contributed by atoms with Crippen molar-refractivity contribution in [3.63, 3.8) is 0 Å². The molecule has 1 heterocycles. The van der Waals surface area contributed by atoms with E-state index in [0.717, 1.165) is 28.9 Å². The Balaban J connectivity index is 1.51. The number of methoxy groups -OCH3 is 1. The average Bonchev–Trinajstić information content (AvgIpc) is 2.94. The van der Waals surface area contributed by atoms with Gasteiger partial charge < -0.3 is 15.4 Å². The van der Waals surface area contributed by atoms with Crippen molar-refractivity contribution in [3.05, 3.63) is 59.7 Å². The topological polar surface area (TPSA) is 87.7 Å². The van der Waals surface area contributed by atoms with Crippen LogP contribution in [0.4, 0.5) is 10.5 Å². The van der Waals surface area contributed by atoms with E-state index < -0.39 is 17.5 Å². The summed E-state index contributed by atoms with van der Waals surface area (Å²) in [4.78, 5) is 39.1. The van der Waals surface area contributed by atoms with Gasteiger partial charge in [0, 0.05) is 5.69 Å². The summed E-state index contributed by atoms with van der Waals surface area (Å²) in [6.45, 7) is -0.333. The zero-order chi connectivity index (χ0) is 19.7. The maximum atomic E-state index is 13.2. The van der Waals surface area contributed by atoms with Crippen molar-refractivity contribution in [2.24, 2.45) is 0 Å². The summed E-state index contributed by atoms with van der Waals surface area (Å²) in [6, 6.07) is 14.0. The highest BCUT2D eigenvalue weighted by Gasteiger charge is 2.54. The van der Waals surface area contributed by atoms with Crippen LogP contribution < -0.4 is 15.4 Å². The van der Waals surface area contributed by atoms with Crippen molar-refractivity contribution in [1.82, 2.24) is 10.2 Å². The lowest BCUT2D eigenvalue weighted by molar-refractivity contribution is -0.134. The number of nitrogens with zero attached hydrogens (tertiary/aromatic N) is 1. The predicted molar refractivity (Wildman–Crippen MR) is 103 cm³/mol. The second-order valence-corrected chi connectivity index (χ2v) is 7.01. The van der Waals surface area contributed by atoms with Crippen molar-refractivity contribution < 1.29 is 19.1 Å². The van der Waals surface area contributed by atoms with Gasteiger partial charge in [0.1, 0.15) is 17.8 Å². The van der Waals surface area contributed by atoms with Crippen molar-refractivity contribution in [2.45, 2.75) is 24.8 Å². The molecule has 1 saturated heterocycles. The molecule has 0 unspecified atom stereocenters. The van der Waals surface area contributed by atoms with Crippen LogP contribution in [-0.4, -0.2) is 36.4 Å². The van der Waals surface area contributed by atoms with Crippen LogP contribution in [0.1, 0.15) is 24.0 Å². The summed E-state index contributed by atoms with van der Waals surface area (Å²) in [5, 5.41) is 5.55. The summed E-state index contributed by atoms with van der Waals surface area (Å²) in [6.07, 6.45) is 2.21. The zero-order valence-corrected chi connectivity index (χ0v) is 15.5. The number of carbonyl (C=O) groups is 3. The van der Waals surface area contributed by atoms with Crippen molar-refractivity contribution in [2.75, 3.05) is 19.0 Å². The lowest BCUT2D eigenvalue weighted by Crippen LogP contribution is -2.47. The van der Waals surface area contributed by atoms with Crippen LogP contribution in [0.3, 0.4) is 0 Å². The van der Waals surface area contributed by atoms with Crippen LogP contribution in [0, 0.1) is 0 Å². The molecule has 2 aromatic carbocycles. The van der Waals surface area contributed by atoms with E-state index in [9.17, 15) is 14.4 Å². The third-order valence-corrected chi connectivity index (χ3v) is 5.33. The monoisotopic (exact) mass is 379 g/mol. The quantitative estimate of drug-likeness (QED) is 0.799. The van der Waals surface area contributed by atoms with Crippen LogP contribution in [-0.2, 0) is 21.5 Å². The SMILES string of the molecule is COc1ccc(NC(=O)CN2C(=O)N[C@@]3(CCCc4ccccc43)C2=O)cc1. The lowest BCUT2D eigenvalue weighted by atomic mass is 9.76. The molecule has 28 heavy (non-hydrogen) atoms. The molecule has 144 valence electrons. The van der Waals surface area contributed by atoms with E-state index in [0.29, 0.717) is 17.9 Å². The normalized spacial score (nSPS) is 20.7. The first-order valence-corrected chi connectivity index (χ1v) is 9.20. The Bertz CT molecular complexity index is 941. The van der Waals surface area contributed by atoms with Gasteiger partial charge in [-0.15, -0.1) is 0 Å². The molecule has 4 rings (SSSR count). The molecule has 1 fully saturated rings.